The molecule has 0 bridgehead atoms. The molecule has 1 amide bonds. The van der Waals surface area contributed by atoms with Crippen LogP contribution in [0.2, 0.25) is 0 Å². The molecule has 6 nitrogen and oxygen atoms in total. The molecule has 0 saturated carbocycles. The van der Waals surface area contributed by atoms with Gasteiger partial charge in [-0.1, -0.05) is 29.8 Å². The molecule has 0 aliphatic rings. The first kappa shape index (κ1) is 18.7. The van der Waals surface area contributed by atoms with Crippen molar-refractivity contribution < 1.29 is 23.1 Å². The van der Waals surface area contributed by atoms with Crippen molar-refractivity contribution in [3.63, 3.8) is 0 Å². The van der Waals surface area contributed by atoms with Gasteiger partial charge in [-0.3, -0.25) is 9.59 Å². The zero-order chi connectivity index (χ0) is 18.6. The lowest BCUT2D eigenvalue weighted by atomic mass is 10.0. The zero-order valence-electron chi connectivity index (χ0n) is 13.9. The van der Waals surface area contributed by atoms with Crippen LogP contribution in [0, 0.1) is 6.92 Å². The molecular weight excluding hydrogens is 342 g/mol. The fraction of sp³-hybridized carbons (Fsp3) is 0.222. The topological polar surface area (TPSA) is 101 Å². The van der Waals surface area contributed by atoms with E-state index in [1.165, 1.54) is 24.3 Å². The van der Waals surface area contributed by atoms with E-state index in [9.17, 15) is 18.0 Å². The van der Waals surface area contributed by atoms with Crippen molar-refractivity contribution in [2.75, 3.05) is 6.26 Å². The molecule has 2 rings (SSSR count). The summed E-state index contributed by atoms with van der Waals surface area (Å²) in [5.41, 5.74) is 1.98. The number of rotatable bonds is 6. The number of hydrogen-bond acceptors (Lipinski definition) is 4. The molecule has 0 aliphatic heterocycles. The van der Waals surface area contributed by atoms with Crippen molar-refractivity contribution in [1.29, 1.82) is 0 Å². The Kier molecular flexibility index (Phi) is 5.58. The monoisotopic (exact) mass is 361 g/mol. The van der Waals surface area contributed by atoms with Crippen LogP contribution in [0.1, 0.15) is 33.9 Å². The van der Waals surface area contributed by atoms with Gasteiger partial charge in [0, 0.05) is 11.8 Å². The minimum absolute atomic E-state index is 0.115. The number of hydrogen-bond donors (Lipinski definition) is 2. The second-order valence-corrected chi connectivity index (χ2v) is 7.85. The molecule has 25 heavy (non-hydrogen) atoms. The molecule has 2 aromatic rings. The van der Waals surface area contributed by atoms with E-state index in [1.807, 2.05) is 19.1 Å². The smallest absolute Gasteiger partial charge is 0.305 e. The van der Waals surface area contributed by atoms with Gasteiger partial charge in [-0.15, -0.1) is 0 Å². The van der Waals surface area contributed by atoms with E-state index in [0.717, 1.165) is 11.8 Å². The SMILES string of the molecule is Cc1ccc(C(CC(=O)O)NC(=O)c2ccc(S(C)(=O)=O)cc2)cc1. The molecule has 0 spiro atoms. The quantitative estimate of drug-likeness (QED) is 0.822. The summed E-state index contributed by atoms with van der Waals surface area (Å²) in [5, 5.41) is 11.8. The van der Waals surface area contributed by atoms with E-state index >= 15 is 0 Å². The maximum atomic E-state index is 12.4. The highest BCUT2D eigenvalue weighted by Crippen LogP contribution is 2.19. The minimum Gasteiger partial charge on any atom is -0.481 e. The first-order valence-corrected chi connectivity index (χ1v) is 9.45. The fourth-order valence-corrected chi connectivity index (χ4v) is 2.95. The largest absolute Gasteiger partial charge is 0.481 e. The summed E-state index contributed by atoms with van der Waals surface area (Å²) in [7, 11) is -3.34. The number of aryl methyl sites for hydroxylation is 1. The maximum Gasteiger partial charge on any atom is 0.305 e. The molecule has 2 N–H and O–H groups in total. The molecule has 7 heteroatoms. The summed E-state index contributed by atoms with van der Waals surface area (Å²) >= 11 is 0. The van der Waals surface area contributed by atoms with Gasteiger partial charge in [0.05, 0.1) is 17.4 Å². The summed E-state index contributed by atoms with van der Waals surface area (Å²) in [4.78, 5) is 23.6. The summed E-state index contributed by atoms with van der Waals surface area (Å²) in [5.74, 6) is -1.50. The number of aliphatic carboxylic acids is 1. The average Bonchev–Trinajstić information content (AvgIpc) is 2.54. The van der Waals surface area contributed by atoms with Gasteiger partial charge >= 0.3 is 5.97 Å². The zero-order valence-corrected chi connectivity index (χ0v) is 14.7. The molecule has 0 radical (unpaired) electrons. The second-order valence-electron chi connectivity index (χ2n) is 5.83. The fourth-order valence-electron chi connectivity index (χ4n) is 2.32. The molecular formula is C18H19NO5S. The van der Waals surface area contributed by atoms with Crippen molar-refractivity contribution in [2.45, 2.75) is 24.3 Å². The Bertz CT molecular complexity index is 871. The number of nitrogens with one attached hydrogen (secondary N) is 1. The van der Waals surface area contributed by atoms with Crippen molar-refractivity contribution in [2.24, 2.45) is 0 Å². The van der Waals surface area contributed by atoms with Gasteiger partial charge in [-0.2, -0.15) is 0 Å². The number of carboxylic acid groups (broad SMARTS) is 1. The van der Waals surface area contributed by atoms with Crippen LogP contribution in [0.25, 0.3) is 0 Å². The van der Waals surface area contributed by atoms with Gasteiger partial charge in [-0.25, -0.2) is 8.42 Å². The highest BCUT2D eigenvalue weighted by atomic mass is 32.2. The number of amides is 1. The van der Waals surface area contributed by atoms with E-state index in [1.54, 1.807) is 12.1 Å². The van der Waals surface area contributed by atoms with E-state index in [4.69, 9.17) is 5.11 Å². The highest BCUT2D eigenvalue weighted by molar-refractivity contribution is 7.90. The van der Waals surface area contributed by atoms with Crippen molar-refractivity contribution in [1.82, 2.24) is 5.32 Å². The van der Waals surface area contributed by atoms with Gasteiger partial charge in [-0.05, 0) is 36.8 Å². The van der Waals surface area contributed by atoms with E-state index < -0.39 is 27.8 Å². The van der Waals surface area contributed by atoms with E-state index in [0.29, 0.717) is 5.56 Å². The molecule has 0 saturated heterocycles. The van der Waals surface area contributed by atoms with Gasteiger partial charge in [0.2, 0.25) is 0 Å². The Balaban J connectivity index is 2.21. The first-order valence-electron chi connectivity index (χ1n) is 7.56. The normalized spacial score (nSPS) is 12.4. The van der Waals surface area contributed by atoms with Gasteiger partial charge in [0.25, 0.3) is 5.91 Å². The Morgan fingerprint density at radius 2 is 1.60 bits per heavy atom. The minimum atomic E-state index is -3.34. The summed E-state index contributed by atoms with van der Waals surface area (Å²) < 4.78 is 22.9. The standard InChI is InChI=1S/C18H19NO5S/c1-12-3-5-13(6-4-12)16(11-17(20)21)19-18(22)14-7-9-15(10-8-14)25(2,23)24/h3-10,16H,11H2,1-2H3,(H,19,22)(H,20,21). The van der Waals surface area contributed by atoms with E-state index in [2.05, 4.69) is 5.32 Å². The van der Waals surface area contributed by atoms with Crippen molar-refractivity contribution in [3.05, 3.63) is 65.2 Å². The highest BCUT2D eigenvalue weighted by Gasteiger charge is 2.19. The molecule has 1 unspecified atom stereocenters. The van der Waals surface area contributed by atoms with Crippen LogP contribution in [0.5, 0.6) is 0 Å². The lowest BCUT2D eigenvalue weighted by Gasteiger charge is -2.18. The molecule has 2 aromatic carbocycles. The van der Waals surface area contributed by atoms with Crippen molar-refractivity contribution >= 4 is 21.7 Å². The second kappa shape index (κ2) is 7.48. The van der Waals surface area contributed by atoms with Crippen LogP contribution in [0.15, 0.2) is 53.4 Å². The number of carboxylic acids is 1. The average molecular weight is 361 g/mol. The van der Waals surface area contributed by atoms with Crippen LogP contribution >= 0.6 is 0 Å². The third-order valence-electron chi connectivity index (χ3n) is 3.71. The number of carbonyl (C=O) groups excluding carboxylic acids is 1. The molecule has 0 heterocycles. The van der Waals surface area contributed by atoms with Gasteiger partial charge in [0.15, 0.2) is 9.84 Å². The summed E-state index contributed by atoms with van der Waals surface area (Å²) in [6.07, 6.45) is 0.832. The van der Waals surface area contributed by atoms with Crippen LogP contribution in [0.4, 0.5) is 0 Å². The number of benzene rings is 2. The van der Waals surface area contributed by atoms with Crippen LogP contribution in [-0.2, 0) is 14.6 Å². The summed E-state index contributed by atoms with van der Waals surface area (Å²) in [6.45, 7) is 1.91. The van der Waals surface area contributed by atoms with Gasteiger partial charge < -0.3 is 10.4 Å². The van der Waals surface area contributed by atoms with Crippen LogP contribution in [-0.4, -0.2) is 31.7 Å². The van der Waals surface area contributed by atoms with Crippen LogP contribution < -0.4 is 5.32 Å². The molecule has 0 fully saturated rings. The predicted molar refractivity (Wildman–Crippen MR) is 93.2 cm³/mol. The molecule has 132 valence electrons. The Morgan fingerprint density at radius 3 is 2.08 bits per heavy atom. The predicted octanol–water partition coefficient (Wildman–Crippen LogP) is 2.34. The van der Waals surface area contributed by atoms with Gasteiger partial charge in [0.1, 0.15) is 0 Å². The number of sulfone groups is 1. The third kappa shape index (κ3) is 5.15. The first-order chi connectivity index (χ1) is 11.7. The summed E-state index contributed by atoms with van der Waals surface area (Å²) in [6, 6.07) is 12.1. The molecule has 0 aliphatic carbocycles. The van der Waals surface area contributed by atoms with Crippen LogP contribution in [0.3, 0.4) is 0 Å². The Morgan fingerprint density at radius 1 is 1.04 bits per heavy atom. The lowest BCUT2D eigenvalue weighted by Crippen LogP contribution is -2.30. The lowest BCUT2D eigenvalue weighted by molar-refractivity contribution is -0.137. The Labute approximate surface area is 146 Å². The van der Waals surface area contributed by atoms with E-state index in [-0.39, 0.29) is 16.9 Å². The Hall–Kier alpha value is -2.67. The molecule has 1 atom stereocenters. The third-order valence-corrected chi connectivity index (χ3v) is 4.84. The number of carbonyl (C=O) groups is 2. The maximum absolute atomic E-state index is 12.4. The van der Waals surface area contributed by atoms with Crippen molar-refractivity contribution in [3.8, 4) is 0 Å². The molecule has 0 aromatic heterocycles.